The molecule has 0 saturated heterocycles. The van der Waals surface area contributed by atoms with Crippen molar-refractivity contribution in [1.29, 1.82) is 0 Å². The molecule has 1 aliphatic carbocycles. The van der Waals surface area contributed by atoms with Crippen LogP contribution in [-0.2, 0) is 4.43 Å². The van der Waals surface area contributed by atoms with Crippen LogP contribution in [0.3, 0.4) is 0 Å². The van der Waals surface area contributed by atoms with Crippen molar-refractivity contribution in [1.82, 2.24) is 0 Å². The van der Waals surface area contributed by atoms with Crippen molar-refractivity contribution in [2.24, 2.45) is 5.92 Å². The second-order valence-electron chi connectivity index (χ2n) is 7.94. The standard InChI is InChI=1S/C17H34O2Si/c1-13(15-11-9-8-10-12-15)16(18)14(2)19-20(6,7)17(3,4)5/h14-16,18H,1,8-12H2,2-7H3/t14-,16?/m0/s1. The number of hydrogen-bond donors (Lipinski definition) is 1. The van der Waals surface area contributed by atoms with Gasteiger partial charge in [-0.2, -0.15) is 0 Å². The molecule has 0 aromatic heterocycles. The maximum Gasteiger partial charge on any atom is 0.192 e. The van der Waals surface area contributed by atoms with Crippen molar-refractivity contribution in [3.8, 4) is 0 Å². The molecule has 0 heterocycles. The summed E-state index contributed by atoms with van der Waals surface area (Å²) in [6.07, 6.45) is 5.57. The molecule has 1 aliphatic rings. The van der Waals surface area contributed by atoms with Crippen molar-refractivity contribution < 1.29 is 9.53 Å². The van der Waals surface area contributed by atoms with E-state index in [-0.39, 0.29) is 11.1 Å². The highest BCUT2D eigenvalue weighted by molar-refractivity contribution is 6.74. The zero-order chi connectivity index (χ0) is 15.6. The molecule has 1 fully saturated rings. The van der Waals surface area contributed by atoms with Crippen molar-refractivity contribution in [3.05, 3.63) is 12.2 Å². The molecule has 0 spiro atoms. The molecule has 1 unspecified atom stereocenters. The first-order valence-corrected chi connectivity index (χ1v) is 11.0. The third kappa shape index (κ3) is 4.44. The molecular formula is C17H34O2Si. The molecule has 0 bridgehead atoms. The highest BCUT2D eigenvalue weighted by atomic mass is 28.4. The van der Waals surface area contributed by atoms with E-state index in [0.717, 1.165) is 5.57 Å². The van der Waals surface area contributed by atoms with Crippen LogP contribution in [-0.4, -0.2) is 25.6 Å². The van der Waals surface area contributed by atoms with Crippen LogP contribution in [0.25, 0.3) is 0 Å². The van der Waals surface area contributed by atoms with Gasteiger partial charge in [0.05, 0.1) is 12.2 Å². The Kier molecular flexibility index (Phi) is 6.06. The van der Waals surface area contributed by atoms with Crippen LogP contribution in [0.1, 0.15) is 59.8 Å². The Hall–Kier alpha value is -0.123. The highest BCUT2D eigenvalue weighted by Crippen LogP contribution is 2.38. The van der Waals surface area contributed by atoms with Crippen LogP contribution in [0.4, 0.5) is 0 Å². The maximum absolute atomic E-state index is 10.6. The Morgan fingerprint density at radius 1 is 1.20 bits per heavy atom. The molecule has 1 N–H and O–H groups in total. The molecule has 1 saturated carbocycles. The summed E-state index contributed by atoms with van der Waals surface area (Å²) in [5.41, 5.74) is 0.996. The lowest BCUT2D eigenvalue weighted by Gasteiger charge is -2.40. The van der Waals surface area contributed by atoms with Gasteiger partial charge in [-0.3, -0.25) is 0 Å². The van der Waals surface area contributed by atoms with Crippen LogP contribution >= 0.6 is 0 Å². The monoisotopic (exact) mass is 298 g/mol. The molecule has 0 radical (unpaired) electrons. The Labute approximate surface area is 126 Å². The number of aliphatic hydroxyl groups is 1. The van der Waals surface area contributed by atoms with E-state index in [1.165, 1.54) is 32.1 Å². The number of aliphatic hydroxyl groups excluding tert-OH is 1. The molecular weight excluding hydrogens is 264 g/mol. The van der Waals surface area contributed by atoms with Gasteiger partial charge in [0, 0.05) is 0 Å². The molecule has 2 nitrogen and oxygen atoms in total. The van der Waals surface area contributed by atoms with E-state index in [1.54, 1.807) is 0 Å². The van der Waals surface area contributed by atoms with Gasteiger partial charge in [0.1, 0.15) is 0 Å². The first-order valence-electron chi connectivity index (χ1n) is 8.11. The summed E-state index contributed by atoms with van der Waals surface area (Å²) in [6, 6.07) is 0. The van der Waals surface area contributed by atoms with Gasteiger partial charge in [-0.05, 0) is 49.4 Å². The van der Waals surface area contributed by atoms with Gasteiger partial charge < -0.3 is 9.53 Å². The minimum absolute atomic E-state index is 0.148. The summed E-state index contributed by atoms with van der Waals surface area (Å²) in [6.45, 7) is 17.3. The molecule has 3 heteroatoms. The molecule has 0 aromatic rings. The smallest absolute Gasteiger partial charge is 0.192 e. The molecule has 1 rings (SSSR count). The van der Waals surface area contributed by atoms with Crippen molar-refractivity contribution >= 4 is 8.32 Å². The van der Waals surface area contributed by atoms with E-state index in [2.05, 4.69) is 40.4 Å². The summed E-state index contributed by atoms with van der Waals surface area (Å²) in [5, 5.41) is 10.7. The van der Waals surface area contributed by atoms with Crippen LogP contribution in [0.5, 0.6) is 0 Å². The zero-order valence-corrected chi connectivity index (χ0v) is 15.3. The second-order valence-corrected chi connectivity index (χ2v) is 12.7. The lowest BCUT2D eigenvalue weighted by Crippen LogP contribution is -2.46. The van der Waals surface area contributed by atoms with E-state index >= 15 is 0 Å². The molecule has 0 aromatic carbocycles. The average Bonchev–Trinajstić information content (AvgIpc) is 2.36. The Balaban J connectivity index is 2.62. The van der Waals surface area contributed by atoms with E-state index < -0.39 is 14.4 Å². The third-order valence-corrected chi connectivity index (χ3v) is 9.81. The Morgan fingerprint density at radius 2 is 1.70 bits per heavy atom. The van der Waals surface area contributed by atoms with E-state index in [4.69, 9.17) is 4.43 Å². The molecule has 20 heavy (non-hydrogen) atoms. The average molecular weight is 299 g/mol. The first kappa shape index (κ1) is 17.9. The molecule has 0 aliphatic heterocycles. The Morgan fingerprint density at radius 3 is 2.15 bits per heavy atom. The fourth-order valence-electron chi connectivity index (χ4n) is 2.72. The van der Waals surface area contributed by atoms with Crippen molar-refractivity contribution in [3.63, 3.8) is 0 Å². The largest absolute Gasteiger partial charge is 0.411 e. The minimum Gasteiger partial charge on any atom is -0.411 e. The van der Waals surface area contributed by atoms with Crippen molar-refractivity contribution in [2.45, 2.75) is 90.1 Å². The van der Waals surface area contributed by atoms with Crippen molar-refractivity contribution in [2.75, 3.05) is 0 Å². The zero-order valence-electron chi connectivity index (χ0n) is 14.3. The molecule has 2 atom stereocenters. The summed E-state index contributed by atoms with van der Waals surface area (Å²) in [5.74, 6) is 0.490. The number of rotatable bonds is 5. The summed E-state index contributed by atoms with van der Waals surface area (Å²) in [4.78, 5) is 0. The van der Waals surface area contributed by atoms with Crippen LogP contribution in [0.2, 0.25) is 18.1 Å². The van der Waals surface area contributed by atoms with E-state index in [1.807, 2.05) is 6.92 Å². The lowest BCUT2D eigenvalue weighted by molar-refractivity contribution is 0.0538. The minimum atomic E-state index is -1.83. The third-order valence-electron chi connectivity index (χ3n) is 5.24. The predicted molar refractivity (Wildman–Crippen MR) is 89.5 cm³/mol. The van der Waals surface area contributed by atoms with Gasteiger partial charge in [-0.15, -0.1) is 0 Å². The van der Waals surface area contributed by atoms with Gasteiger partial charge in [0.2, 0.25) is 0 Å². The summed E-state index contributed by atoms with van der Waals surface area (Å²) < 4.78 is 6.30. The van der Waals surface area contributed by atoms with Gasteiger partial charge in [0.25, 0.3) is 0 Å². The van der Waals surface area contributed by atoms with Crippen LogP contribution in [0, 0.1) is 5.92 Å². The number of hydrogen-bond acceptors (Lipinski definition) is 2. The fraction of sp³-hybridized carbons (Fsp3) is 0.882. The van der Waals surface area contributed by atoms with Gasteiger partial charge in [-0.1, -0.05) is 46.6 Å². The topological polar surface area (TPSA) is 29.5 Å². The first-order chi connectivity index (χ1) is 9.06. The highest BCUT2D eigenvalue weighted by Gasteiger charge is 2.40. The van der Waals surface area contributed by atoms with Crippen LogP contribution < -0.4 is 0 Å². The van der Waals surface area contributed by atoms with E-state index in [9.17, 15) is 5.11 Å². The summed E-state index contributed by atoms with van der Waals surface area (Å²) >= 11 is 0. The van der Waals surface area contributed by atoms with Gasteiger partial charge in [0.15, 0.2) is 8.32 Å². The predicted octanol–water partition coefficient (Wildman–Crippen LogP) is 4.89. The maximum atomic E-state index is 10.6. The lowest BCUT2D eigenvalue weighted by atomic mass is 9.81. The molecule has 0 amide bonds. The van der Waals surface area contributed by atoms with Crippen LogP contribution in [0.15, 0.2) is 12.2 Å². The fourth-order valence-corrected chi connectivity index (χ4v) is 4.13. The quantitative estimate of drug-likeness (QED) is 0.578. The van der Waals surface area contributed by atoms with E-state index in [0.29, 0.717) is 5.92 Å². The summed E-state index contributed by atoms with van der Waals surface area (Å²) in [7, 11) is -1.83. The molecule has 118 valence electrons. The normalized spacial score (nSPS) is 21.6. The van der Waals surface area contributed by atoms with Gasteiger partial charge >= 0.3 is 0 Å². The Bertz CT molecular complexity index is 324. The second kappa shape index (κ2) is 6.76. The van der Waals surface area contributed by atoms with Gasteiger partial charge in [-0.25, -0.2) is 0 Å². The SMILES string of the molecule is C=C(C1CCCCC1)C(O)[C@H](C)O[Si](C)(C)C(C)(C)C.